The van der Waals surface area contributed by atoms with Gasteiger partial charge in [0, 0.05) is 28.0 Å². The number of alkyl halides is 3. The van der Waals surface area contributed by atoms with Gasteiger partial charge in [-0.15, -0.1) is 0 Å². The summed E-state index contributed by atoms with van der Waals surface area (Å²) in [5.74, 6) is -0.504. The third-order valence-electron chi connectivity index (χ3n) is 3.43. The SMILES string of the molecule is COc1cc(-c2c(Br)cc(C(F)(F)F)n3ccnc23)c(F)cc1Cl. The maximum Gasteiger partial charge on any atom is 0.431 e. The molecule has 0 amide bonds. The van der Waals surface area contributed by atoms with Gasteiger partial charge in [0.25, 0.3) is 0 Å². The van der Waals surface area contributed by atoms with E-state index >= 15 is 0 Å². The first kappa shape index (κ1) is 17.0. The Kier molecular flexibility index (Phi) is 4.21. The monoisotopic (exact) mass is 422 g/mol. The van der Waals surface area contributed by atoms with Crippen molar-refractivity contribution >= 4 is 33.2 Å². The Hall–Kier alpha value is -1.80. The van der Waals surface area contributed by atoms with Gasteiger partial charge in [-0.25, -0.2) is 9.37 Å². The Labute approximate surface area is 147 Å². The van der Waals surface area contributed by atoms with Crippen LogP contribution in [0.25, 0.3) is 16.8 Å². The van der Waals surface area contributed by atoms with E-state index in [-0.39, 0.29) is 32.0 Å². The summed E-state index contributed by atoms with van der Waals surface area (Å²) in [6.45, 7) is 0. The fraction of sp³-hybridized carbons (Fsp3) is 0.133. The van der Waals surface area contributed by atoms with Crippen LogP contribution in [-0.2, 0) is 6.18 Å². The molecule has 0 bridgehead atoms. The molecule has 2 heterocycles. The minimum Gasteiger partial charge on any atom is -0.495 e. The zero-order valence-electron chi connectivity index (χ0n) is 12.0. The molecule has 0 fully saturated rings. The molecule has 0 aliphatic carbocycles. The third kappa shape index (κ3) is 2.73. The molecule has 3 nitrogen and oxygen atoms in total. The first-order valence-electron chi connectivity index (χ1n) is 6.50. The Morgan fingerprint density at radius 2 is 1.96 bits per heavy atom. The van der Waals surface area contributed by atoms with E-state index < -0.39 is 17.7 Å². The van der Waals surface area contributed by atoms with Crippen LogP contribution in [0.2, 0.25) is 5.02 Å². The quantitative estimate of drug-likeness (QED) is 0.503. The first-order valence-corrected chi connectivity index (χ1v) is 7.67. The fourth-order valence-electron chi connectivity index (χ4n) is 2.40. The van der Waals surface area contributed by atoms with Gasteiger partial charge < -0.3 is 4.74 Å². The lowest BCUT2D eigenvalue weighted by Gasteiger charge is -2.15. The highest BCUT2D eigenvalue weighted by atomic mass is 79.9. The summed E-state index contributed by atoms with van der Waals surface area (Å²) in [5.41, 5.74) is -0.777. The van der Waals surface area contributed by atoms with Crippen molar-refractivity contribution in [2.45, 2.75) is 6.18 Å². The summed E-state index contributed by atoms with van der Waals surface area (Å²) < 4.78 is 59.9. The van der Waals surface area contributed by atoms with Gasteiger partial charge in [-0.2, -0.15) is 13.2 Å². The van der Waals surface area contributed by atoms with Gasteiger partial charge in [-0.1, -0.05) is 11.6 Å². The summed E-state index contributed by atoms with van der Waals surface area (Å²) >= 11 is 8.95. The number of imidazole rings is 1. The van der Waals surface area contributed by atoms with Gasteiger partial charge in [0.15, 0.2) is 0 Å². The number of methoxy groups -OCH3 is 1. The number of hydrogen-bond donors (Lipinski definition) is 0. The van der Waals surface area contributed by atoms with Crippen LogP contribution in [0.4, 0.5) is 17.6 Å². The molecule has 0 aliphatic heterocycles. The lowest BCUT2D eigenvalue weighted by molar-refractivity contribution is -0.142. The van der Waals surface area contributed by atoms with Crippen LogP contribution in [0.15, 0.2) is 35.1 Å². The Morgan fingerprint density at radius 1 is 1.25 bits per heavy atom. The number of rotatable bonds is 2. The van der Waals surface area contributed by atoms with E-state index in [9.17, 15) is 17.6 Å². The van der Waals surface area contributed by atoms with Gasteiger partial charge in [-0.3, -0.25) is 4.40 Å². The number of hydrogen-bond acceptors (Lipinski definition) is 2. The predicted molar refractivity (Wildman–Crippen MR) is 84.8 cm³/mol. The molecule has 126 valence electrons. The maximum atomic E-state index is 14.4. The highest BCUT2D eigenvalue weighted by Gasteiger charge is 2.35. The second-order valence-corrected chi connectivity index (χ2v) is 6.10. The van der Waals surface area contributed by atoms with Crippen LogP contribution >= 0.6 is 27.5 Å². The average molecular weight is 424 g/mol. The Bertz CT molecular complexity index is 939. The zero-order chi connectivity index (χ0) is 17.6. The van der Waals surface area contributed by atoms with Crippen molar-refractivity contribution in [2.75, 3.05) is 7.11 Å². The van der Waals surface area contributed by atoms with Crippen molar-refractivity contribution in [2.24, 2.45) is 0 Å². The van der Waals surface area contributed by atoms with Gasteiger partial charge in [0.05, 0.1) is 12.1 Å². The second kappa shape index (κ2) is 5.93. The zero-order valence-corrected chi connectivity index (χ0v) is 14.3. The Balaban J connectivity index is 2.37. The van der Waals surface area contributed by atoms with Gasteiger partial charge in [-0.05, 0) is 34.1 Å². The molecule has 0 saturated carbocycles. The van der Waals surface area contributed by atoms with Crippen molar-refractivity contribution in [3.8, 4) is 16.9 Å². The van der Waals surface area contributed by atoms with E-state index in [2.05, 4.69) is 20.9 Å². The molecule has 0 radical (unpaired) electrons. The molecule has 0 aliphatic rings. The topological polar surface area (TPSA) is 26.5 Å². The molecule has 0 unspecified atom stereocenters. The lowest BCUT2D eigenvalue weighted by atomic mass is 10.1. The van der Waals surface area contributed by atoms with Crippen molar-refractivity contribution in [3.63, 3.8) is 0 Å². The summed E-state index contributed by atoms with van der Waals surface area (Å²) in [5, 5.41) is 0.0566. The van der Waals surface area contributed by atoms with Crippen LogP contribution in [0, 0.1) is 5.82 Å². The van der Waals surface area contributed by atoms with E-state index in [1.807, 2.05) is 0 Å². The molecular formula is C15H8BrClF4N2O. The van der Waals surface area contributed by atoms with E-state index in [0.717, 1.165) is 16.5 Å². The van der Waals surface area contributed by atoms with E-state index in [1.165, 1.54) is 25.6 Å². The third-order valence-corrected chi connectivity index (χ3v) is 4.35. The largest absolute Gasteiger partial charge is 0.495 e. The normalized spacial score (nSPS) is 12.0. The van der Waals surface area contributed by atoms with E-state index in [1.54, 1.807) is 0 Å². The number of halogens is 6. The van der Waals surface area contributed by atoms with Gasteiger partial charge in [0.1, 0.15) is 22.9 Å². The summed E-state index contributed by atoms with van der Waals surface area (Å²) in [4.78, 5) is 3.94. The number of nitrogens with zero attached hydrogens (tertiary/aromatic N) is 2. The molecule has 3 rings (SSSR count). The molecule has 0 atom stereocenters. The van der Waals surface area contributed by atoms with Crippen LogP contribution < -0.4 is 4.74 Å². The van der Waals surface area contributed by atoms with Crippen molar-refractivity contribution in [1.82, 2.24) is 9.38 Å². The number of ether oxygens (including phenoxy) is 1. The molecule has 3 aromatic rings. The highest BCUT2D eigenvalue weighted by molar-refractivity contribution is 9.10. The molecule has 0 saturated heterocycles. The standard InChI is InChI=1S/C15H8BrClF4N2O/c1-24-11-4-7(10(18)6-9(11)17)13-8(16)5-12(15(19,20)21)23-3-2-22-14(13)23/h2-6H,1H3. The molecular weight excluding hydrogens is 416 g/mol. The molecule has 2 aromatic heterocycles. The number of aromatic nitrogens is 2. The van der Waals surface area contributed by atoms with Gasteiger partial charge >= 0.3 is 6.18 Å². The number of benzene rings is 1. The van der Waals surface area contributed by atoms with Crippen molar-refractivity contribution < 1.29 is 22.3 Å². The molecule has 1 aromatic carbocycles. The number of pyridine rings is 1. The fourth-order valence-corrected chi connectivity index (χ4v) is 3.23. The van der Waals surface area contributed by atoms with Crippen LogP contribution in [0.1, 0.15) is 5.69 Å². The maximum absolute atomic E-state index is 14.4. The van der Waals surface area contributed by atoms with Crippen LogP contribution in [0.5, 0.6) is 5.75 Å². The summed E-state index contributed by atoms with van der Waals surface area (Å²) in [7, 11) is 1.36. The first-order chi connectivity index (χ1) is 11.2. The minimum atomic E-state index is -4.59. The summed E-state index contributed by atoms with van der Waals surface area (Å²) in [6, 6.07) is 3.24. The lowest BCUT2D eigenvalue weighted by Crippen LogP contribution is -2.12. The summed E-state index contributed by atoms with van der Waals surface area (Å²) in [6.07, 6.45) is -2.21. The van der Waals surface area contributed by atoms with Gasteiger partial charge in [0.2, 0.25) is 0 Å². The number of fused-ring (bicyclic) bond motifs is 1. The second-order valence-electron chi connectivity index (χ2n) is 4.84. The molecule has 24 heavy (non-hydrogen) atoms. The predicted octanol–water partition coefficient (Wildman–Crippen LogP) is 5.58. The molecule has 9 heteroatoms. The van der Waals surface area contributed by atoms with E-state index in [4.69, 9.17) is 16.3 Å². The molecule has 0 spiro atoms. The highest BCUT2D eigenvalue weighted by Crippen LogP contribution is 2.41. The van der Waals surface area contributed by atoms with Crippen molar-refractivity contribution in [1.29, 1.82) is 0 Å². The molecule has 0 N–H and O–H groups in total. The minimum absolute atomic E-state index is 0.0213. The van der Waals surface area contributed by atoms with Crippen LogP contribution in [0.3, 0.4) is 0 Å². The van der Waals surface area contributed by atoms with Crippen molar-refractivity contribution in [3.05, 3.63) is 51.6 Å². The van der Waals surface area contributed by atoms with Crippen LogP contribution in [-0.4, -0.2) is 16.5 Å². The Morgan fingerprint density at radius 3 is 2.58 bits per heavy atom. The van der Waals surface area contributed by atoms with E-state index in [0.29, 0.717) is 0 Å². The smallest absolute Gasteiger partial charge is 0.431 e. The average Bonchev–Trinajstić information content (AvgIpc) is 2.95.